The molecule has 0 aliphatic carbocycles. The summed E-state index contributed by atoms with van der Waals surface area (Å²) in [6, 6.07) is 11.2. The van der Waals surface area contributed by atoms with Crippen molar-refractivity contribution in [2.45, 2.75) is 0 Å². The van der Waals surface area contributed by atoms with Crippen LogP contribution in [0.15, 0.2) is 53.6 Å². The van der Waals surface area contributed by atoms with Crippen LogP contribution in [0.5, 0.6) is 0 Å². The predicted octanol–water partition coefficient (Wildman–Crippen LogP) is 2.60. The van der Waals surface area contributed by atoms with Crippen molar-refractivity contribution in [2.75, 3.05) is 12.0 Å². The number of hydrogen-bond acceptors (Lipinski definition) is 8. The van der Waals surface area contributed by atoms with E-state index in [1.54, 1.807) is 30.3 Å². The number of hydrogen-bond donors (Lipinski definition) is 1. The first-order valence-electron chi connectivity index (χ1n) is 6.81. The molecule has 0 atom stereocenters. The molecule has 25 heavy (non-hydrogen) atoms. The Bertz CT molecular complexity index is 852. The first-order chi connectivity index (χ1) is 11.9. The Morgan fingerprint density at radius 3 is 2.20 bits per heavy atom. The molecular weight excluding hydrogens is 334 g/mol. The first-order valence-corrected chi connectivity index (χ1v) is 6.81. The van der Waals surface area contributed by atoms with Gasteiger partial charge in [-0.25, -0.2) is 0 Å². The highest BCUT2D eigenvalue weighted by atomic mass is 16.6. The van der Waals surface area contributed by atoms with Crippen molar-refractivity contribution < 1.29 is 14.8 Å². The minimum atomic E-state index is -0.805. The van der Waals surface area contributed by atoms with Gasteiger partial charge in [-0.1, -0.05) is 30.3 Å². The molecule has 2 aromatic carbocycles. The van der Waals surface area contributed by atoms with Crippen LogP contribution in [0.3, 0.4) is 0 Å². The second kappa shape index (κ2) is 7.59. The van der Waals surface area contributed by atoms with Crippen LogP contribution in [0.25, 0.3) is 0 Å². The molecule has 11 nitrogen and oxygen atoms in total. The molecule has 0 aliphatic heterocycles. The SMILES string of the molecule is O=[N+]([O-])C/C(=N\Nc1ccc([N+](=O)[O-])cc1[N+](=O)[O-])c1ccccc1. The largest absolute Gasteiger partial charge is 0.301 e. The molecule has 11 heteroatoms. The second-order valence-corrected chi connectivity index (χ2v) is 4.74. The van der Waals surface area contributed by atoms with Gasteiger partial charge in [-0.05, 0) is 6.07 Å². The maximum Gasteiger partial charge on any atom is 0.301 e. The third kappa shape index (κ3) is 4.54. The van der Waals surface area contributed by atoms with Crippen molar-refractivity contribution in [3.63, 3.8) is 0 Å². The number of anilines is 1. The van der Waals surface area contributed by atoms with E-state index in [1.165, 1.54) is 0 Å². The number of nitrogens with one attached hydrogen (secondary N) is 1. The summed E-state index contributed by atoms with van der Waals surface area (Å²) < 4.78 is 0. The van der Waals surface area contributed by atoms with Crippen LogP contribution in [0.4, 0.5) is 17.1 Å². The van der Waals surface area contributed by atoms with Gasteiger partial charge in [-0.2, -0.15) is 5.10 Å². The number of non-ortho nitro benzene ring substituents is 1. The molecule has 2 rings (SSSR count). The van der Waals surface area contributed by atoms with Crippen molar-refractivity contribution in [3.05, 3.63) is 84.4 Å². The third-order valence-electron chi connectivity index (χ3n) is 3.09. The lowest BCUT2D eigenvalue weighted by Crippen LogP contribution is -2.16. The maximum atomic E-state index is 11.1. The highest BCUT2D eigenvalue weighted by Crippen LogP contribution is 2.29. The van der Waals surface area contributed by atoms with Crippen LogP contribution in [-0.2, 0) is 0 Å². The minimum Gasteiger partial charge on any atom is -0.271 e. The highest BCUT2D eigenvalue weighted by Gasteiger charge is 2.20. The summed E-state index contributed by atoms with van der Waals surface area (Å²) in [5.41, 5.74) is 1.78. The molecule has 0 saturated heterocycles. The molecular formula is C14H11N5O6. The fourth-order valence-electron chi connectivity index (χ4n) is 1.95. The standard InChI is InChI=1S/C14H11N5O6/c20-17(21)9-13(10-4-2-1-3-5-10)16-15-12-7-6-11(18(22)23)8-14(12)19(24)25/h1-8,15H,9H2/b16-13+. The lowest BCUT2D eigenvalue weighted by atomic mass is 10.1. The van der Waals surface area contributed by atoms with Gasteiger partial charge in [-0.15, -0.1) is 0 Å². The number of hydrazone groups is 1. The number of nitrogens with zero attached hydrogens (tertiary/aromatic N) is 4. The molecule has 1 N–H and O–H groups in total. The summed E-state index contributed by atoms with van der Waals surface area (Å²) in [4.78, 5) is 30.4. The topological polar surface area (TPSA) is 154 Å². The lowest BCUT2D eigenvalue weighted by molar-refractivity contribution is -0.462. The molecule has 0 spiro atoms. The van der Waals surface area contributed by atoms with Crippen LogP contribution in [0.1, 0.15) is 5.56 Å². The number of nitro benzene ring substituents is 2. The number of nitro groups is 3. The van der Waals surface area contributed by atoms with E-state index in [0.29, 0.717) is 5.56 Å². The average Bonchev–Trinajstić information content (AvgIpc) is 2.58. The molecule has 0 radical (unpaired) electrons. The number of rotatable bonds is 7. The van der Waals surface area contributed by atoms with Gasteiger partial charge in [0.05, 0.1) is 15.9 Å². The van der Waals surface area contributed by atoms with E-state index >= 15 is 0 Å². The third-order valence-corrected chi connectivity index (χ3v) is 3.09. The van der Waals surface area contributed by atoms with Gasteiger partial charge < -0.3 is 0 Å². The molecule has 0 bridgehead atoms. The summed E-state index contributed by atoms with van der Waals surface area (Å²) in [6.07, 6.45) is 0. The van der Waals surface area contributed by atoms with E-state index in [1.807, 2.05) is 0 Å². The Morgan fingerprint density at radius 2 is 1.64 bits per heavy atom. The van der Waals surface area contributed by atoms with Crippen molar-refractivity contribution in [1.82, 2.24) is 0 Å². The van der Waals surface area contributed by atoms with Crippen LogP contribution >= 0.6 is 0 Å². The molecule has 0 amide bonds. The van der Waals surface area contributed by atoms with Gasteiger partial charge in [0.25, 0.3) is 5.69 Å². The summed E-state index contributed by atoms with van der Waals surface area (Å²) in [5.74, 6) is 0. The van der Waals surface area contributed by atoms with Gasteiger partial charge in [0.1, 0.15) is 11.4 Å². The maximum absolute atomic E-state index is 11.1. The van der Waals surface area contributed by atoms with Crippen LogP contribution < -0.4 is 5.43 Å². The second-order valence-electron chi connectivity index (χ2n) is 4.74. The van der Waals surface area contributed by atoms with E-state index in [4.69, 9.17) is 0 Å². The van der Waals surface area contributed by atoms with Gasteiger partial charge in [0.2, 0.25) is 6.54 Å². The molecule has 0 saturated carbocycles. The monoisotopic (exact) mass is 345 g/mol. The van der Waals surface area contributed by atoms with E-state index < -0.39 is 32.7 Å². The Kier molecular flexibility index (Phi) is 5.30. The summed E-state index contributed by atoms with van der Waals surface area (Å²) in [7, 11) is 0. The Balaban J connectivity index is 2.38. The van der Waals surface area contributed by atoms with E-state index in [-0.39, 0.29) is 11.4 Å². The van der Waals surface area contributed by atoms with E-state index in [9.17, 15) is 30.3 Å². The molecule has 0 aromatic heterocycles. The highest BCUT2D eigenvalue weighted by molar-refractivity contribution is 6.01. The van der Waals surface area contributed by atoms with Gasteiger partial charge in [-0.3, -0.25) is 35.8 Å². The van der Waals surface area contributed by atoms with Crippen molar-refractivity contribution in [2.24, 2.45) is 5.10 Å². The van der Waals surface area contributed by atoms with E-state index in [2.05, 4.69) is 10.5 Å². The van der Waals surface area contributed by atoms with E-state index in [0.717, 1.165) is 18.2 Å². The predicted molar refractivity (Wildman–Crippen MR) is 88.2 cm³/mol. The fraction of sp³-hybridized carbons (Fsp3) is 0.0714. The zero-order valence-corrected chi connectivity index (χ0v) is 12.6. The van der Waals surface area contributed by atoms with Crippen molar-refractivity contribution in [1.29, 1.82) is 0 Å². The van der Waals surface area contributed by atoms with Gasteiger partial charge >= 0.3 is 5.69 Å². The smallest absolute Gasteiger partial charge is 0.271 e. The van der Waals surface area contributed by atoms with Gasteiger partial charge in [0, 0.05) is 16.6 Å². The molecule has 0 aliphatic rings. The summed E-state index contributed by atoms with van der Waals surface area (Å²) in [6.45, 7) is -0.599. The summed E-state index contributed by atoms with van der Waals surface area (Å²) in [5, 5.41) is 36.5. The van der Waals surface area contributed by atoms with Crippen molar-refractivity contribution >= 4 is 22.8 Å². The van der Waals surface area contributed by atoms with Gasteiger partial charge in [0.15, 0.2) is 0 Å². The van der Waals surface area contributed by atoms with Crippen LogP contribution in [0, 0.1) is 30.3 Å². The quantitative estimate of drug-likeness (QED) is 0.459. The Labute approximate surface area is 140 Å². The minimum absolute atomic E-state index is 0.0539. The normalized spacial score (nSPS) is 11.0. The van der Waals surface area contributed by atoms with Crippen LogP contribution in [-0.4, -0.2) is 27.0 Å². The lowest BCUT2D eigenvalue weighted by Gasteiger charge is -2.05. The molecule has 0 fully saturated rings. The Hall–Kier alpha value is -3.89. The zero-order valence-electron chi connectivity index (χ0n) is 12.6. The zero-order chi connectivity index (χ0) is 18.4. The molecule has 2 aromatic rings. The molecule has 0 heterocycles. The van der Waals surface area contributed by atoms with Crippen LogP contribution in [0.2, 0.25) is 0 Å². The number of benzene rings is 2. The summed E-state index contributed by atoms with van der Waals surface area (Å²) >= 11 is 0. The van der Waals surface area contributed by atoms with Crippen molar-refractivity contribution in [3.8, 4) is 0 Å². The molecule has 0 unspecified atom stereocenters. The fourth-order valence-corrected chi connectivity index (χ4v) is 1.95. The first kappa shape index (κ1) is 17.5. The Morgan fingerprint density at radius 1 is 0.960 bits per heavy atom. The average molecular weight is 345 g/mol. The molecule has 128 valence electrons.